The first-order valence-corrected chi connectivity index (χ1v) is 3.98. The molecule has 0 unspecified atom stereocenters. The summed E-state index contributed by atoms with van der Waals surface area (Å²) in [7, 11) is 0. The van der Waals surface area contributed by atoms with Crippen molar-refractivity contribution in [3.8, 4) is 0 Å². The van der Waals surface area contributed by atoms with Crippen molar-refractivity contribution < 1.29 is 0 Å². The topological polar surface area (TPSA) is 4.36 Å². The van der Waals surface area contributed by atoms with Gasteiger partial charge in [-0.1, -0.05) is 35.3 Å². The van der Waals surface area contributed by atoms with Gasteiger partial charge in [-0.05, 0) is 17.7 Å². The van der Waals surface area contributed by atoms with Gasteiger partial charge in [0.2, 0.25) is 0 Å². The summed E-state index contributed by atoms with van der Waals surface area (Å²) in [5.74, 6) is 0. The van der Waals surface area contributed by atoms with Gasteiger partial charge in [-0.15, -0.1) is 0 Å². The second-order valence-electron chi connectivity index (χ2n) is 2.11. The van der Waals surface area contributed by atoms with Gasteiger partial charge in [-0.25, -0.2) is 4.85 Å². The fraction of sp³-hybridized carbons (Fsp3) is 0. The third-order valence-electron chi connectivity index (χ3n) is 1.29. The first-order chi connectivity index (χ1) is 5.74. The molecule has 0 aliphatic carbocycles. The highest BCUT2D eigenvalue weighted by Gasteiger charge is 1.95. The number of hydrogen-bond donors (Lipinski definition) is 0. The monoisotopic (exact) mass is 197 g/mol. The van der Waals surface area contributed by atoms with Crippen molar-refractivity contribution >= 4 is 29.3 Å². The molecule has 0 saturated carbocycles. The summed E-state index contributed by atoms with van der Waals surface area (Å²) in [5.41, 5.74) is 0.803. The van der Waals surface area contributed by atoms with E-state index >= 15 is 0 Å². The lowest BCUT2D eigenvalue weighted by molar-refractivity contribution is 1.65. The maximum Gasteiger partial charge on any atom is 0.154 e. The van der Waals surface area contributed by atoms with Crippen LogP contribution in [0.15, 0.2) is 24.4 Å². The van der Waals surface area contributed by atoms with E-state index in [1.54, 1.807) is 24.3 Å². The van der Waals surface area contributed by atoms with Gasteiger partial charge in [-0.3, -0.25) is 0 Å². The Balaban J connectivity index is 3.03. The summed E-state index contributed by atoms with van der Waals surface area (Å²) >= 11 is 11.5. The molecule has 1 nitrogen and oxygen atoms in total. The van der Waals surface area contributed by atoms with Crippen LogP contribution in [-0.2, 0) is 0 Å². The van der Waals surface area contributed by atoms with Crippen LogP contribution in [0.25, 0.3) is 10.9 Å². The summed E-state index contributed by atoms with van der Waals surface area (Å²) in [4.78, 5) is 3.07. The maximum atomic E-state index is 6.53. The second kappa shape index (κ2) is 4.15. The van der Waals surface area contributed by atoms with E-state index in [1.807, 2.05) is 0 Å². The second-order valence-corrected chi connectivity index (χ2v) is 2.95. The summed E-state index contributed by atoms with van der Waals surface area (Å²) in [6, 6.07) is 5.15. The zero-order valence-corrected chi connectivity index (χ0v) is 7.60. The van der Waals surface area contributed by atoms with Gasteiger partial charge < -0.3 is 0 Å². The Morgan fingerprint density at radius 2 is 2.08 bits per heavy atom. The zero-order valence-electron chi connectivity index (χ0n) is 6.09. The van der Waals surface area contributed by atoms with Crippen LogP contribution in [0.2, 0.25) is 10.0 Å². The van der Waals surface area contributed by atoms with Gasteiger partial charge in [0.05, 0.1) is 6.57 Å². The Bertz CT molecular complexity index is 350. The van der Waals surface area contributed by atoms with Crippen LogP contribution < -0.4 is 0 Å². The number of hydrogen-bond acceptors (Lipinski definition) is 0. The molecule has 0 N–H and O–H groups in total. The lowest BCUT2D eigenvalue weighted by Gasteiger charge is -1.96. The number of benzene rings is 1. The fourth-order valence-electron chi connectivity index (χ4n) is 0.754. The summed E-state index contributed by atoms with van der Waals surface area (Å²) in [5, 5.41) is 1.15. The molecule has 0 aliphatic heterocycles. The fourth-order valence-corrected chi connectivity index (χ4v) is 1.23. The molecule has 60 valence electrons. The third-order valence-corrected chi connectivity index (χ3v) is 1.85. The van der Waals surface area contributed by atoms with Crippen molar-refractivity contribution in [1.29, 1.82) is 0 Å². The molecule has 0 aromatic heterocycles. The predicted molar refractivity (Wildman–Crippen MR) is 52.1 cm³/mol. The Morgan fingerprint density at radius 3 is 2.67 bits per heavy atom. The molecule has 0 aliphatic rings. The number of rotatable bonds is 1. The van der Waals surface area contributed by atoms with Crippen LogP contribution in [0.4, 0.5) is 0 Å². The summed E-state index contributed by atoms with van der Waals surface area (Å²) in [6.07, 6.45) is 3.00. The van der Waals surface area contributed by atoms with Gasteiger partial charge in [-0.2, -0.15) is 0 Å². The molecule has 0 spiro atoms. The Kier molecular flexibility index (Phi) is 3.16. The van der Waals surface area contributed by atoms with E-state index in [0.717, 1.165) is 5.56 Å². The van der Waals surface area contributed by atoms with E-state index in [4.69, 9.17) is 29.8 Å². The first kappa shape index (κ1) is 9.12. The van der Waals surface area contributed by atoms with E-state index in [0.29, 0.717) is 10.0 Å². The van der Waals surface area contributed by atoms with Crippen LogP contribution in [0, 0.1) is 6.57 Å². The predicted octanol–water partition coefficient (Wildman–Crippen LogP) is 3.88. The molecule has 3 heteroatoms. The van der Waals surface area contributed by atoms with Gasteiger partial charge >= 0.3 is 0 Å². The average molecular weight is 198 g/mol. The molecule has 1 aromatic carbocycles. The minimum Gasteiger partial charge on any atom is -0.246 e. The average Bonchev–Trinajstić information content (AvgIpc) is 2.03. The minimum atomic E-state index is 0.558. The minimum absolute atomic E-state index is 0.558. The molecule has 0 saturated heterocycles. The van der Waals surface area contributed by atoms with E-state index in [-0.39, 0.29) is 0 Å². The summed E-state index contributed by atoms with van der Waals surface area (Å²) < 4.78 is 0. The number of halogens is 2. The van der Waals surface area contributed by atoms with E-state index in [1.165, 1.54) is 6.20 Å². The SMILES string of the molecule is [C-]#[N+]/C=C/c1ccc(Cl)cc1Cl. The van der Waals surface area contributed by atoms with Gasteiger partial charge in [0, 0.05) is 10.0 Å². The lowest BCUT2D eigenvalue weighted by atomic mass is 10.2. The molecular weight excluding hydrogens is 193 g/mol. The van der Waals surface area contributed by atoms with Crippen LogP contribution in [0.5, 0.6) is 0 Å². The van der Waals surface area contributed by atoms with Gasteiger partial charge in [0.15, 0.2) is 6.20 Å². The van der Waals surface area contributed by atoms with Gasteiger partial charge in [0.25, 0.3) is 0 Å². The smallest absolute Gasteiger partial charge is 0.154 e. The highest BCUT2D eigenvalue weighted by atomic mass is 35.5. The molecule has 0 fully saturated rings. The molecule has 12 heavy (non-hydrogen) atoms. The maximum absolute atomic E-state index is 6.53. The molecule has 0 heterocycles. The van der Waals surface area contributed by atoms with Crippen molar-refractivity contribution in [2.24, 2.45) is 0 Å². The van der Waals surface area contributed by atoms with E-state index in [9.17, 15) is 0 Å². The van der Waals surface area contributed by atoms with Crippen molar-refractivity contribution in [3.05, 3.63) is 51.4 Å². The zero-order chi connectivity index (χ0) is 8.97. The molecule has 0 atom stereocenters. The van der Waals surface area contributed by atoms with Crippen molar-refractivity contribution in [2.75, 3.05) is 0 Å². The lowest BCUT2D eigenvalue weighted by Crippen LogP contribution is -1.73. The van der Waals surface area contributed by atoms with Crippen molar-refractivity contribution in [3.63, 3.8) is 0 Å². The van der Waals surface area contributed by atoms with E-state index in [2.05, 4.69) is 4.85 Å². The standard InChI is InChI=1S/C9H5Cl2N/c1-12-5-4-7-2-3-8(10)6-9(7)11/h2-6H/b5-4+. The molecule has 1 rings (SSSR count). The highest BCUT2D eigenvalue weighted by molar-refractivity contribution is 6.35. The van der Waals surface area contributed by atoms with Crippen LogP contribution in [0.3, 0.4) is 0 Å². The summed E-state index contributed by atoms with van der Waals surface area (Å²) in [6.45, 7) is 6.53. The van der Waals surface area contributed by atoms with Crippen LogP contribution in [0.1, 0.15) is 5.56 Å². The first-order valence-electron chi connectivity index (χ1n) is 3.22. The molecule has 0 bridgehead atoms. The Hall–Kier alpha value is -0.970. The van der Waals surface area contributed by atoms with Crippen molar-refractivity contribution in [1.82, 2.24) is 0 Å². The normalized spacial score (nSPS) is 10.1. The van der Waals surface area contributed by atoms with Crippen LogP contribution in [-0.4, -0.2) is 0 Å². The Morgan fingerprint density at radius 1 is 1.33 bits per heavy atom. The number of nitrogens with zero attached hydrogens (tertiary/aromatic N) is 1. The largest absolute Gasteiger partial charge is 0.246 e. The highest BCUT2D eigenvalue weighted by Crippen LogP contribution is 2.21. The van der Waals surface area contributed by atoms with Crippen LogP contribution >= 0.6 is 23.2 Å². The van der Waals surface area contributed by atoms with Gasteiger partial charge in [0.1, 0.15) is 0 Å². The Labute approximate surface area is 81.0 Å². The van der Waals surface area contributed by atoms with Crippen molar-refractivity contribution in [2.45, 2.75) is 0 Å². The molecule has 0 radical (unpaired) electrons. The molecule has 0 amide bonds. The molecule has 1 aromatic rings. The quantitative estimate of drug-likeness (QED) is 0.603. The molecular formula is C9H5Cl2N. The van der Waals surface area contributed by atoms with E-state index < -0.39 is 0 Å². The third kappa shape index (κ3) is 2.27.